The first kappa shape index (κ1) is 27.5. The third-order valence-corrected chi connectivity index (χ3v) is 6.74. The van der Waals surface area contributed by atoms with E-state index in [1.807, 2.05) is 0 Å². The average Bonchev–Trinajstić information content (AvgIpc) is 3.12. The summed E-state index contributed by atoms with van der Waals surface area (Å²) >= 11 is 0. The third-order valence-electron chi connectivity index (χ3n) is 6.74. The van der Waals surface area contributed by atoms with Gasteiger partial charge < -0.3 is 19.5 Å². The molecule has 1 fully saturated rings. The molecule has 0 saturated carbocycles. The van der Waals surface area contributed by atoms with Crippen molar-refractivity contribution in [2.24, 2.45) is 0 Å². The van der Waals surface area contributed by atoms with Gasteiger partial charge in [-0.3, -0.25) is 14.6 Å². The fourth-order valence-electron chi connectivity index (χ4n) is 4.72. The van der Waals surface area contributed by atoms with Crippen LogP contribution in [0.3, 0.4) is 0 Å². The summed E-state index contributed by atoms with van der Waals surface area (Å²) < 4.78 is 15.9. The Balaban J connectivity index is 1.66. The molecule has 2 aromatic rings. The summed E-state index contributed by atoms with van der Waals surface area (Å²) in [5.74, 6) is 0.731. The summed E-state index contributed by atoms with van der Waals surface area (Å²) in [6.45, 7) is 8.34. The maximum Gasteiger partial charge on any atom is 0.338 e. The number of anilines is 1. The number of nitrogens with zero attached hydrogens (tertiary/aromatic N) is 2. The summed E-state index contributed by atoms with van der Waals surface area (Å²) in [6.07, 6.45) is 2.68. The maximum atomic E-state index is 13.0. The number of ether oxygens (including phenoxy) is 3. The Labute approximate surface area is 214 Å². The predicted molar refractivity (Wildman–Crippen MR) is 141 cm³/mol. The molecule has 0 bridgehead atoms. The van der Waals surface area contributed by atoms with Crippen LogP contribution in [-0.2, 0) is 28.9 Å². The van der Waals surface area contributed by atoms with Crippen LogP contribution in [0, 0.1) is 0 Å². The number of aryl methyl sites for hydroxylation is 2. The zero-order valence-corrected chi connectivity index (χ0v) is 22.2. The van der Waals surface area contributed by atoms with Gasteiger partial charge in [-0.05, 0) is 49.5 Å². The summed E-state index contributed by atoms with van der Waals surface area (Å²) in [5, 5.41) is 3.18. The van der Waals surface area contributed by atoms with E-state index in [1.54, 1.807) is 26.4 Å². The standard InChI is InChI=1S/C28H39N3O5/c1-6-20-10-8-11-21(7-2)27(20)29-26(32)19-31-13-9-12-30(14-15-31)18-24-23(28(33)36-5)16-22(34-3)17-25(24)35-4/h8,10-11,16-17H,6-7,9,12-15,18-19H2,1-5H3,(H,29,32). The molecule has 0 aromatic heterocycles. The molecule has 8 nitrogen and oxygen atoms in total. The second-order valence-corrected chi connectivity index (χ2v) is 8.96. The highest BCUT2D eigenvalue weighted by Gasteiger charge is 2.23. The van der Waals surface area contributed by atoms with Crippen molar-refractivity contribution in [2.45, 2.75) is 39.7 Å². The smallest absolute Gasteiger partial charge is 0.338 e. The lowest BCUT2D eigenvalue weighted by molar-refractivity contribution is -0.117. The van der Waals surface area contributed by atoms with E-state index in [-0.39, 0.29) is 5.91 Å². The van der Waals surface area contributed by atoms with Gasteiger partial charge in [0, 0.05) is 37.0 Å². The first-order chi connectivity index (χ1) is 17.4. The Bertz CT molecular complexity index is 1030. The van der Waals surface area contributed by atoms with Gasteiger partial charge in [0.15, 0.2) is 0 Å². The summed E-state index contributed by atoms with van der Waals surface area (Å²) in [4.78, 5) is 29.9. The molecule has 1 N–H and O–H groups in total. The maximum absolute atomic E-state index is 13.0. The molecule has 36 heavy (non-hydrogen) atoms. The molecule has 1 heterocycles. The van der Waals surface area contributed by atoms with Crippen LogP contribution in [-0.4, -0.2) is 75.7 Å². The quantitative estimate of drug-likeness (QED) is 0.501. The van der Waals surface area contributed by atoms with Crippen molar-refractivity contribution in [1.82, 2.24) is 9.80 Å². The first-order valence-corrected chi connectivity index (χ1v) is 12.6. The van der Waals surface area contributed by atoms with E-state index in [1.165, 1.54) is 18.2 Å². The Morgan fingerprint density at radius 2 is 1.58 bits per heavy atom. The fraction of sp³-hybridized carbons (Fsp3) is 0.500. The van der Waals surface area contributed by atoms with E-state index in [4.69, 9.17) is 14.2 Å². The Kier molecular flexibility index (Phi) is 10.1. The van der Waals surface area contributed by atoms with Crippen molar-refractivity contribution in [3.05, 3.63) is 52.6 Å². The minimum Gasteiger partial charge on any atom is -0.497 e. The molecule has 0 unspecified atom stereocenters. The Morgan fingerprint density at radius 1 is 0.917 bits per heavy atom. The van der Waals surface area contributed by atoms with Crippen LogP contribution in [0.1, 0.15) is 47.3 Å². The van der Waals surface area contributed by atoms with Gasteiger partial charge in [0.25, 0.3) is 0 Å². The van der Waals surface area contributed by atoms with Crippen molar-refractivity contribution < 1.29 is 23.8 Å². The molecule has 1 aliphatic rings. The van der Waals surface area contributed by atoms with E-state index < -0.39 is 5.97 Å². The van der Waals surface area contributed by atoms with Gasteiger partial charge in [-0.2, -0.15) is 0 Å². The van der Waals surface area contributed by atoms with Crippen LogP contribution < -0.4 is 14.8 Å². The van der Waals surface area contributed by atoms with E-state index >= 15 is 0 Å². The van der Waals surface area contributed by atoms with Gasteiger partial charge >= 0.3 is 5.97 Å². The van der Waals surface area contributed by atoms with Crippen LogP contribution in [0.4, 0.5) is 5.69 Å². The average molecular weight is 498 g/mol. The van der Waals surface area contributed by atoms with Crippen molar-refractivity contribution in [2.75, 3.05) is 59.4 Å². The number of hydrogen-bond donors (Lipinski definition) is 1. The van der Waals surface area contributed by atoms with Crippen LogP contribution in [0.2, 0.25) is 0 Å². The lowest BCUT2D eigenvalue weighted by Gasteiger charge is -2.24. The normalized spacial score (nSPS) is 14.7. The first-order valence-electron chi connectivity index (χ1n) is 12.6. The van der Waals surface area contributed by atoms with E-state index in [0.29, 0.717) is 30.2 Å². The number of benzene rings is 2. The highest BCUT2D eigenvalue weighted by Crippen LogP contribution is 2.31. The molecular formula is C28H39N3O5. The zero-order valence-electron chi connectivity index (χ0n) is 22.2. The van der Waals surface area contributed by atoms with E-state index in [0.717, 1.165) is 56.7 Å². The van der Waals surface area contributed by atoms with Crippen molar-refractivity contribution >= 4 is 17.6 Å². The number of hydrogen-bond acceptors (Lipinski definition) is 7. The molecule has 3 rings (SSSR count). The van der Waals surface area contributed by atoms with Crippen LogP contribution in [0.15, 0.2) is 30.3 Å². The number of esters is 1. The topological polar surface area (TPSA) is 80.3 Å². The van der Waals surface area contributed by atoms with Gasteiger partial charge in [-0.25, -0.2) is 4.79 Å². The SMILES string of the molecule is CCc1cccc(CC)c1NC(=O)CN1CCCN(Cc2c(OC)cc(OC)cc2C(=O)OC)CC1. The van der Waals surface area contributed by atoms with Gasteiger partial charge in [0.05, 0.1) is 33.4 Å². The molecule has 0 radical (unpaired) electrons. The van der Waals surface area contributed by atoms with E-state index in [2.05, 4.69) is 47.2 Å². The van der Waals surface area contributed by atoms with Crippen molar-refractivity contribution in [3.8, 4) is 11.5 Å². The molecule has 0 spiro atoms. The largest absolute Gasteiger partial charge is 0.497 e. The second kappa shape index (κ2) is 13.3. The molecule has 0 aliphatic carbocycles. The number of amides is 1. The molecule has 2 aromatic carbocycles. The number of nitrogens with one attached hydrogen (secondary N) is 1. The molecule has 196 valence electrons. The number of methoxy groups -OCH3 is 3. The minimum atomic E-state index is -0.422. The molecular weight excluding hydrogens is 458 g/mol. The molecule has 0 atom stereocenters. The summed E-state index contributed by atoms with van der Waals surface area (Å²) in [5.41, 5.74) is 4.51. The Hall–Kier alpha value is -3.10. The van der Waals surface area contributed by atoms with Gasteiger partial charge in [-0.1, -0.05) is 32.0 Å². The van der Waals surface area contributed by atoms with Gasteiger partial charge in [-0.15, -0.1) is 0 Å². The Morgan fingerprint density at radius 3 is 2.19 bits per heavy atom. The zero-order chi connectivity index (χ0) is 26.1. The molecule has 1 amide bonds. The summed E-state index contributed by atoms with van der Waals surface area (Å²) in [7, 11) is 4.51. The fourth-order valence-corrected chi connectivity index (χ4v) is 4.72. The van der Waals surface area contributed by atoms with Gasteiger partial charge in [0.2, 0.25) is 5.91 Å². The molecule has 8 heteroatoms. The summed E-state index contributed by atoms with van der Waals surface area (Å²) in [6, 6.07) is 9.69. The number of rotatable bonds is 10. The van der Waals surface area contributed by atoms with Crippen LogP contribution in [0.25, 0.3) is 0 Å². The van der Waals surface area contributed by atoms with Crippen LogP contribution in [0.5, 0.6) is 11.5 Å². The highest BCUT2D eigenvalue weighted by atomic mass is 16.5. The third kappa shape index (κ3) is 6.77. The highest BCUT2D eigenvalue weighted by molar-refractivity contribution is 5.94. The number of para-hydroxylation sites is 1. The molecule has 1 aliphatic heterocycles. The lowest BCUT2D eigenvalue weighted by Crippen LogP contribution is -2.36. The molecule has 1 saturated heterocycles. The minimum absolute atomic E-state index is 0.0175. The van der Waals surface area contributed by atoms with Crippen molar-refractivity contribution in [1.29, 1.82) is 0 Å². The number of carbonyl (C=O) groups excluding carboxylic acids is 2. The number of carbonyl (C=O) groups is 2. The van der Waals surface area contributed by atoms with Gasteiger partial charge in [0.1, 0.15) is 11.5 Å². The lowest BCUT2D eigenvalue weighted by atomic mass is 10.0. The second-order valence-electron chi connectivity index (χ2n) is 8.96. The van der Waals surface area contributed by atoms with E-state index in [9.17, 15) is 9.59 Å². The monoisotopic (exact) mass is 497 g/mol. The van der Waals surface area contributed by atoms with Crippen molar-refractivity contribution in [3.63, 3.8) is 0 Å². The van der Waals surface area contributed by atoms with Crippen LogP contribution >= 0.6 is 0 Å². The predicted octanol–water partition coefficient (Wildman–Crippen LogP) is 3.76.